The van der Waals surface area contributed by atoms with E-state index in [0.717, 1.165) is 6.42 Å². The van der Waals surface area contributed by atoms with Gasteiger partial charge in [-0.2, -0.15) is 0 Å². The maximum Gasteiger partial charge on any atom is 0.156 e. The molecular weight excluding hydrogens is 258 g/mol. The SMILES string of the molecule is CC/C=C(/O)c1c[nH]c2ncc(Br)nc12. The summed E-state index contributed by atoms with van der Waals surface area (Å²) in [5.74, 6) is 0.233. The molecule has 0 spiro atoms. The van der Waals surface area contributed by atoms with Crippen LogP contribution in [-0.2, 0) is 0 Å². The minimum absolute atomic E-state index is 0.233. The van der Waals surface area contributed by atoms with Crippen LogP contribution < -0.4 is 0 Å². The highest BCUT2D eigenvalue weighted by molar-refractivity contribution is 9.10. The summed E-state index contributed by atoms with van der Waals surface area (Å²) in [7, 11) is 0. The van der Waals surface area contributed by atoms with E-state index in [1.165, 1.54) is 0 Å². The Kier molecular flexibility index (Phi) is 2.73. The molecule has 78 valence electrons. The third-order valence-electron chi connectivity index (χ3n) is 2.02. The average molecular weight is 268 g/mol. The maximum absolute atomic E-state index is 9.76. The predicted molar refractivity (Wildman–Crippen MR) is 62.5 cm³/mol. The Morgan fingerprint density at radius 2 is 2.47 bits per heavy atom. The number of aromatic amines is 1. The number of halogens is 1. The molecule has 2 aromatic rings. The van der Waals surface area contributed by atoms with Crippen molar-refractivity contribution < 1.29 is 5.11 Å². The minimum Gasteiger partial charge on any atom is -0.508 e. The van der Waals surface area contributed by atoms with Crippen molar-refractivity contribution in [2.24, 2.45) is 0 Å². The molecule has 0 atom stereocenters. The fraction of sp³-hybridized carbons (Fsp3) is 0.200. The summed E-state index contributed by atoms with van der Waals surface area (Å²) in [6, 6.07) is 0. The maximum atomic E-state index is 9.76. The summed E-state index contributed by atoms with van der Waals surface area (Å²) in [5.41, 5.74) is 2.02. The second-order valence-electron chi connectivity index (χ2n) is 3.09. The second kappa shape index (κ2) is 4.02. The number of nitrogens with zero attached hydrogens (tertiary/aromatic N) is 2. The quantitative estimate of drug-likeness (QED) is 0.823. The van der Waals surface area contributed by atoms with Crippen LogP contribution in [0.2, 0.25) is 0 Å². The highest BCUT2D eigenvalue weighted by Crippen LogP contribution is 2.22. The van der Waals surface area contributed by atoms with Crippen molar-refractivity contribution in [1.29, 1.82) is 0 Å². The first-order chi connectivity index (χ1) is 7.22. The summed E-state index contributed by atoms with van der Waals surface area (Å²) >= 11 is 3.25. The van der Waals surface area contributed by atoms with Crippen molar-refractivity contribution in [1.82, 2.24) is 15.0 Å². The molecule has 0 aliphatic carbocycles. The molecule has 0 fully saturated rings. The molecule has 0 saturated heterocycles. The number of fused-ring (bicyclic) bond motifs is 1. The monoisotopic (exact) mass is 267 g/mol. The lowest BCUT2D eigenvalue weighted by molar-refractivity contribution is 0.510. The Bertz CT molecular complexity index is 518. The zero-order valence-corrected chi connectivity index (χ0v) is 9.74. The first-order valence-corrected chi connectivity index (χ1v) is 5.40. The number of nitrogens with one attached hydrogen (secondary N) is 1. The molecule has 0 aliphatic heterocycles. The number of rotatable bonds is 2. The molecule has 0 unspecified atom stereocenters. The topological polar surface area (TPSA) is 61.8 Å². The van der Waals surface area contributed by atoms with E-state index in [-0.39, 0.29) is 5.76 Å². The van der Waals surface area contributed by atoms with Gasteiger partial charge in [-0.1, -0.05) is 6.92 Å². The number of aliphatic hydroxyl groups is 1. The van der Waals surface area contributed by atoms with E-state index in [0.29, 0.717) is 21.3 Å². The van der Waals surface area contributed by atoms with E-state index >= 15 is 0 Å². The van der Waals surface area contributed by atoms with Crippen LogP contribution in [0.3, 0.4) is 0 Å². The summed E-state index contributed by atoms with van der Waals surface area (Å²) < 4.78 is 0.653. The van der Waals surface area contributed by atoms with Crippen molar-refractivity contribution in [3.63, 3.8) is 0 Å². The van der Waals surface area contributed by atoms with E-state index in [2.05, 4.69) is 30.9 Å². The average Bonchev–Trinajstić information content (AvgIpc) is 2.60. The Balaban J connectivity index is 2.62. The molecule has 0 aromatic carbocycles. The highest BCUT2D eigenvalue weighted by Gasteiger charge is 2.09. The first kappa shape index (κ1) is 10.2. The molecule has 4 nitrogen and oxygen atoms in total. The summed E-state index contributed by atoms with van der Waals surface area (Å²) in [6.07, 6.45) is 5.84. The second-order valence-corrected chi connectivity index (χ2v) is 3.90. The number of allylic oxidation sites excluding steroid dienone is 1. The van der Waals surface area contributed by atoms with Crippen LogP contribution in [0, 0.1) is 0 Å². The van der Waals surface area contributed by atoms with Gasteiger partial charge < -0.3 is 10.1 Å². The molecule has 0 radical (unpaired) electrons. The van der Waals surface area contributed by atoms with Gasteiger partial charge in [-0.05, 0) is 28.4 Å². The van der Waals surface area contributed by atoms with Gasteiger partial charge in [-0.15, -0.1) is 0 Å². The zero-order valence-electron chi connectivity index (χ0n) is 8.16. The lowest BCUT2D eigenvalue weighted by atomic mass is 10.2. The standard InChI is InChI=1S/C10H10BrN3O/c1-2-3-7(15)6-4-12-10-9(6)14-8(11)5-13-10/h3-5,15H,2H2,1H3,(H,12,13)/b7-3+. The van der Waals surface area contributed by atoms with Gasteiger partial charge in [-0.25, -0.2) is 9.97 Å². The summed E-state index contributed by atoms with van der Waals surface area (Å²) in [4.78, 5) is 11.4. The van der Waals surface area contributed by atoms with Gasteiger partial charge in [0.2, 0.25) is 0 Å². The molecule has 0 bridgehead atoms. The molecule has 0 saturated carbocycles. The van der Waals surface area contributed by atoms with E-state index in [4.69, 9.17) is 0 Å². The lowest BCUT2D eigenvalue weighted by Gasteiger charge is -1.96. The Hall–Kier alpha value is -1.36. The first-order valence-electron chi connectivity index (χ1n) is 4.61. The fourth-order valence-electron chi connectivity index (χ4n) is 1.37. The van der Waals surface area contributed by atoms with Crippen LogP contribution in [0.25, 0.3) is 16.9 Å². The third-order valence-corrected chi connectivity index (χ3v) is 2.41. The van der Waals surface area contributed by atoms with E-state index in [1.54, 1.807) is 18.5 Å². The van der Waals surface area contributed by atoms with E-state index in [9.17, 15) is 5.11 Å². The van der Waals surface area contributed by atoms with Crippen LogP contribution in [-0.4, -0.2) is 20.1 Å². The van der Waals surface area contributed by atoms with Crippen molar-refractivity contribution >= 4 is 32.9 Å². The minimum atomic E-state index is 0.233. The largest absolute Gasteiger partial charge is 0.508 e. The molecule has 15 heavy (non-hydrogen) atoms. The Morgan fingerprint density at radius 3 is 3.20 bits per heavy atom. The van der Waals surface area contributed by atoms with Crippen LogP contribution in [0.4, 0.5) is 0 Å². The van der Waals surface area contributed by atoms with Crippen LogP contribution in [0.15, 0.2) is 23.1 Å². The van der Waals surface area contributed by atoms with E-state index in [1.807, 2.05) is 6.92 Å². The summed E-state index contributed by atoms with van der Waals surface area (Å²) in [6.45, 7) is 1.96. The fourth-order valence-corrected chi connectivity index (χ4v) is 1.65. The third kappa shape index (κ3) is 1.87. The van der Waals surface area contributed by atoms with Crippen LogP contribution in [0.1, 0.15) is 18.9 Å². The van der Waals surface area contributed by atoms with Crippen LogP contribution >= 0.6 is 15.9 Å². The molecule has 5 heteroatoms. The van der Waals surface area contributed by atoms with Gasteiger partial charge in [0.15, 0.2) is 5.65 Å². The molecule has 2 aromatic heterocycles. The smallest absolute Gasteiger partial charge is 0.156 e. The van der Waals surface area contributed by atoms with Gasteiger partial charge >= 0.3 is 0 Å². The van der Waals surface area contributed by atoms with Crippen molar-refractivity contribution in [2.45, 2.75) is 13.3 Å². The number of hydrogen-bond acceptors (Lipinski definition) is 3. The highest BCUT2D eigenvalue weighted by atomic mass is 79.9. The zero-order chi connectivity index (χ0) is 10.8. The Labute approximate surface area is 95.2 Å². The normalized spacial score (nSPS) is 12.3. The Morgan fingerprint density at radius 1 is 1.67 bits per heavy atom. The predicted octanol–water partition coefficient (Wildman–Crippen LogP) is 3.03. The lowest BCUT2D eigenvalue weighted by Crippen LogP contribution is -1.85. The number of H-pyrrole nitrogens is 1. The number of aliphatic hydroxyl groups excluding tert-OH is 1. The van der Waals surface area contributed by atoms with Crippen LogP contribution in [0.5, 0.6) is 0 Å². The van der Waals surface area contributed by atoms with Gasteiger partial charge in [0.25, 0.3) is 0 Å². The summed E-state index contributed by atoms with van der Waals surface area (Å²) in [5, 5.41) is 9.76. The van der Waals surface area contributed by atoms with Gasteiger partial charge in [0.05, 0.1) is 11.8 Å². The van der Waals surface area contributed by atoms with E-state index < -0.39 is 0 Å². The molecule has 0 amide bonds. The number of aromatic nitrogens is 3. The molecule has 0 aliphatic rings. The van der Waals surface area contributed by atoms with Crippen molar-refractivity contribution in [3.8, 4) is 0 Å². The van der Waals surface area contributed by atoms with Crippen molar-refractivity contribution in [3.05, 3.63) is 28.6 Å². The van der Waals surface area contributed by atoms with Crippen molar-refractivity contribution in [2.75, 3.05) is 0 Å². The molecule has 2 heterocycles. The molecular formula is C10H10BrN3O. The van der Waals surface area contributed by atoms with Gasteiger partial charge in [0, 0.05) is 6.20 Å². The molecule has 2 N–H and O–H groups in total. The van der Waals surface area contributed by atoms with Gasteiger partial charge in [0.1, 0.15) is 15.9 Å². The van der Waals surface area contributed by atoms with Gasteiger partial charge in [-0.3, -0.25) is 0 Å². The molecule has 2 rings (SSSR count). The number of hydrogen-bond donors (Lipinski definition) is 2.